The minimum atomic E-state index is -4.34. The van der Waals surface area contributed by atoms with Gasteiger partial charge in [-0.1, -0.05) is 25.6 Å². The molecule has 3 nitrogen and oxygen atoms in total. The summed E-state index contributed by atoms with van der Waals surface area (Å²) in [5.41, 5.74) is -0.675. The Labute approximate surface area is 171 Å². The van der Waals surface area contributed by atoms with Crippen LogP contribution in [0.25, 0.3) is 0 Å². The van der Waals surface area contributed by atoms with Crippen LogP contribution >= 0.6 is 29.9 Å². The number of halogens is 3. The Bertz CT molecular complexity index is 794. The fraction of sp³-hybridized carbons (Fsp3) is 0.368. The van der Waals surface area contributed by atoms with Crippen LogP contribution < -0.4 is 4.52 Å². The molecule has 0 saturated carbocycles. The van der Waals surface area contributed by atoms with E-state index >= 15 is 0 Å². The molecule has 0 bridgehead atoms. The molecule has 0 aromatic heterocycles. The third-order valence-electron chi connectivity index (χ3n) is 3.31. The smallest absolute Gasteiger partial charge is 0.417 e. The van der Waals surface area contributed by atoms with E-state index in [0.29, 0.717) is 22.3 Å². The summed E-state index contributed by atoms with van der Waals surface area (Å²) in [6.07, 6.45) is -4.34. The largest absolute Gasteiger partial charge is 0.440 e. The monoisotopic (exact) mass is 450 g/mol. The normalized spacial score (nSPS) is 14.1. The number of rotatable bonds is 9. The maximum absolute atomic E-state index is 12.8. The van der Waals surface area contributed by atoms with E-state index in [9.17, 15) is 17.7 Å². The second kappa shape index (κ2) is 10.1. The van der Waals surface area contributed by atoms with Crippen LogP contribution in [-0.2, 0) is 15.3 Å². The molecule has 1 atom stereocenters. The summed E-state index contributed by atoms with van der Waals surface area (Å²) in [5.74, 6) is 1.42. The first kappa shape index (κ1) is 23.2. The third kappa shape index (κ3) is 7.39. The average molecular weight is 450 g/mol. The zero-order chi connectivity index (χ0) is 20.8. The summed E-state index contributed by atoms with van der Waals surface area (Å²) in [4.78, 5) is 1.52. The molecular weight excluding hydrogens is 428 g/mol. The van der Waals surface area contributed by atoms with E-state index in [-0.39, 0.29) is 6.61 Å². The zero-order valence-corrected chi connectivity index (χ0v) is 18.3. The molecule has 1 unspecified atom stereocenters. The van der Waals surface area contributed by atoms with Crippen LogP contribution in [0.5, 0.6) is 5.75 Å². The van der Waals surface area contributed by atoms with Gasteiger partial charge < -0.3 is 4.52 Å². The van der Waals surface area contributed by atoms with E-state index in [2.05, 4.69) is 0 Å². The second-order valence-electron chi connectivity index (χ2n) is 6.24. The predicted molar refractivity (Wildman–Crippen MR) is 109 cm³/mol. The van der Waals surface area contributed by atoms with Gasteiger partial charge in [-0.25, -0.2) is 4.57 Å². The molecule has 0 heterocycles. The van der Waals surface area contributed by atoms with Gasteiger partial charge in [0.1, 0.15) is 5.75 Å². The van der Waals surface area contributed by atoms with E-state index in [0.717, 1.165) is 17.0 Å². The van der Waals surface area contributed by atoms with Gasteiger partial charge in [-0.2, -0.15) is 13.2 Å². The highest BCUT2D eigenvalue weighted by Crippen LogP contribution is 2.60. The van der Waals surface area contributed by atoms with E-state index in [1.165, 1.54) is 35.3 Å². The van der Waals surface area contributed by atoms with Crippen molar-refractivity contribution in [2.45, 2.75) is 36.7 Å². The van der Waals surface area contributed by atoms with Gasteiger partial charge in [0.05, 0.1) is 12.2 Å². The fourth-order valence-electron chi connectivity index (χ4n) is 2.03. The third-order valence-corrected chi connectivity index (χ3v) is 8.40. The first-order valence-corrected chi connectivity index (χ1v) is 12.6. The van der Waals surface area contributed by atoms with E-state index in [1.54, 1.807) is 31.2 Å². The standard InChI is InChI=1S/C19H22F3O3PS2/c1-4-24-26(23,27-13-14(2)3)25-16-7-11-18(12-8-16)28-17-9-5-15(6-10-17)19(20,21)22/h5-12,14H,4,13H2,1-3H3. The Morgan fingerprint density at radius 1 is 1.00 bits per heavy atom. The van der Waals surface area contributed by atoms with Crippen molar-refractivity contribution in [2.24, 2.45) is 5.92 Å². The van der Waals surface area contributed by atoms with Gasteiger partial charge >= 0.3 is 13.0 Å². The number of hydrogen-bond donors (Lipinski definition) is 0. The van der Waals surface area contributed by atoms with Crippen molar-refractivity contribution in [3.63, 3.8) is 0 Å². The topological polar surface area (TPSA) is 35.5 Å². The lowest BCUT2D eigenvalue weighted by Crippen LogP contribution is -2.03. The summed E-state index contributed by atoms with van der Waals surface area (Å²) >= 11 is 2.51. The molecule has 0 saturated heterocycles. The number of alkyl halides is 3. The van der Waals surface area contributed by atoms with Crippen molar-refractivity contribution in [1.82, 2.24) is 0 Å². The molecule has 2 aromatic carbocycles. The molecule has 0 amide bonds. The lowest BCUT2D eigenvalue weighted by molar-refractivity contribution is -0.137. The van der Waals surface area contributed by atoms with Crippen molar-refractivity contribution in [2.75, 3.05) is 12.4 Å². The first-order valence-electron chi connectivity index (χ1n) is 8.65. The van der Waals surface area contributed by atoms with Crippen molar-refractivity contribution in [3.05, 3.63) is 54.1 Å². The predicted octanol–water partition coefficient (Wildman–Crippen LogP) is 7.77. The van der Waals surface area contributed by atoms with Crippen LogP contribution in [0.15, 0.2) is 58.3 Å². The lowest BCUT2D eigenvalue weighted by Gasteiger charge is -2.18. The summed E-state index contributed by atoms with van der Waals surface area (Å²) in [6.45, 7) is 2.80. The van der Waals surface area contributed by atoms with Crippen LogP contribution in [0, 0.1) is 5.92 Å². The zero-order valence-electron chi connectivity index (χ0n) is 15.7. The molecule has 0 aliphatic rings. The molecule has 0 fully saturated rings. The Hall–Kier alpha value is -1.08. The Morgan fingerprint density at radius 3 is 2.00 bits per heavy atom. The summed E-state index contributed by atoms with van der Waals surface area (Å²) in [5, 5.41) is 0. The molecule has 2 aromatic rings. The van der Waals surface area contributed by atoms with E-state index < -0.39 is 18.5 Å². The van der Waals surface area contributed by atoms with Crippen LogP contribution in [0.2, 0.25) is 0 Å². The van der Waals surface area contributed by atoms with Gasteiger partial charge in [0, 0.05) is 15.5 Å². The molecule has 2 rings (SSSR count). The van der Waals surface area contributed by atoms with Crippen molar-refractivity contribution in [3.8, 4) is 5.75 Å². The van der Waals surface area contributed by atoms with Gasteiger partial charge in [-0.05, 0) is 72.8 Å². The van der Waals surface area contributed by atoms with Crippen LogP contribution in [0.1, 0.15) is 26.3 Å². The minimum absolute atomic E-state index is 0.282. The number of hydrogen-bond acceptors (Lipinski definition) is 5. The summed E-state index contributed by atoms with van der Waals surface area (Å²) < 4.78 is 61.6. The lowest BCUT2D eigenvalue weighted by atomic mass is 10.2. The van der Waals surface area contributed by atoms with Gasteiger partial charge in [0.25, 0.3) is 0 Å². The van der Waals surface area contributed by atoms with E-state index in [1.807, 2.05) is 13.8 Å². The van der Waals surface area contributed by atoms with Gasteiger partial charge in [0.2, 0.25) is 0 Å². The summed E-state index contributed by atoms with van der Waals surface area (Å²) in [7, 11) is 0. The van der Waals surface area contributed by atoms with Crippen molar-refractivity contribution < 1.29 is 26.8 Å². The number of benzene rings is 2. The van der Waals surface area contributed by atoms with Gasteiger partial charge in [0.15, 0.2) is 0 Å². The van der Waals surface area contributed by atoms with Crippen LogP contribution in [0.3, 0.4) is 0 Å². The van der Waals surface area contributed by atoms with E-state index in [4.69, 9.17) is 9.05 Å². The summed E-state index contributed by atoms with van der Waals surface area (Å²) in [6, 6.07) is 11.9. The van der Waals surface area contributed by atoms with Gasteiger partial charge in [-0.3, -0.25) is 4.52 Å². The van der Waals surface area contributed by atoms with Gasteiger partial charge in [-0.15, -0.1) is 0 Å². The Balaban J connectivity index is 2.03. The average Bonchev–Trinajstić information content (AvgIpc) is 2.62. The molecule has 0 radical (unpaired) electrons. The highest BCUT2D eigenvalue weighted by atomic mass is 32.7. The fourth-order valence-corrected chi connectivity index (χ4v) is 6.61. The van der Waals surface area contributed by atoms with Crippen molar-refractivity contribution in [1.29, 1.82) is 0 Å². The molecular formula is C19H22F3O3PS2. The van der Waals surface area contributed by atoms with Crippen molar-refractivity contribution >= 4 is 29.9 Å². The molecule has 28 heavy (non-hydrogen) atoms. The quantitative estimate of drug-likeness (QED) is 0.365. The van der Waals surface area contributed by atoms with Crippen LogP contribution in [-0.4, -0.2) is 12.4 Å². The Morgan fingerprint density at radius 2 is 1.54 bits per heavy atom. The molecule has 0 aliphatic heterocycles. The highest BCUT2D eigenvalue weighted by molar-refractivity contribution is 8.55. The first-order chi connectivity index (χ1) is 13.1. The molecule has 0 aliphatic carbocycles. The molecule has 9 heteroatoms. The molecule has 0 N–H and O–H groups in total. The molecule has 154 valence electrons. The molecule has 0 spiro atoms. The maximum Gasteiger partial charge on any atom is 0.440 e. The maximum atomic E-state index is 12.8. The Kier molecular flexibility index (Phi) is 8.37. The SMILES string of the molecule is CCOP(=O)(Oc1ccc(Sc2ccc(C(F)(F)F)cc2)cc1)SCC(C)C. The highest BCUT2D eigenvalue weighted by Gasteiger charge is 2.30. The second-order valence-corrected chi connectivity index (χ2v) is 11.4. The minimum Gasteiger partial charge on any atom is -0.417 e. The van der Waals surface area contributed by atoms with Crippen LogP contribution in [0.4, 0.5) is 13.2 Å².